The number of nitrogens with zero attached hydrogens (tertiary/aromatic N) is 3. The van der Waals surface area contributed by atoms with Gasteiger partial charge in [0.25, 0.3) is 0 Å². The van der Waals surface area contributed by atoms with Gasteiger partial charge in [0.05, 0.1) is 23.1 Å². The number of benzene rings is 1. The van der Waals surface area contributed by atoms with Crippen molar-refractivity contribution in [2.45, 2.75) is 0 Å². The highest BCUT2D eigenvalue weighted by atomic mass is 32.1. The molecule has 3 aromatic rings. The first-order chi connectivity index (χ1) is 9.70. The molecule has 0 fully saturated rings. The number of rotatable bonds is 3. The van der Waals surface area contributed by atoms with E-state index in [1.165, 1.54) is 0 Å². The van der Waals surface area contributed by atoms with Gasteiger partial charge in [-0.1, -0.05) is 12.1 Å². The summed E-state index contributed by atoms with van der Waals surface area (Å²) in [7, 11) is 3.49. The number of aromatic nitrogens is 3. The Balaban J connectivity index is 2.22. The van der Waals surface area contributed by atoms with Crippen LogP contribution in [0.25, 0.3) is 21.7 Å². The van der Waals surface area contributed by atoms with E-state index in [4.69, 9.17) is 10.5 Å². The van der Waals surface area contributed by atoms with Crippen LogP contribution in [0, 0.1) is 0 Å². The molecule has 1 aromatic carbocycles. The Kier molecular flexibility index (Phi) is 3.15. The van der Waals surface area contributed by atoms with Crippen molar-refractivity contribution in [1.29, 1.82) is 0 Å². The smallest absolute Gasteiger partial charge is 0.129 e. The molecule has 2 aromatic heterocycles. The lowest BCUT2D eigenvalue weighted by molar-refractivity contribution is 0.415. The molecule has 0 saturated heterocycles. The van der Waals surface area contributed by atoms with Crippen molar-refractivity contribution in [3.05, 3.63) is 36.0 Å². The Bertz CT molecular complexity index is 734. The average molecular weight is 286 g/mol. The first kappa shape index (κ1) is 12.7. The van der Waals surface area contributed by atoms with E-state index in [0.29, 0.717) is 5.82 Å². The number of methoxy groups -OCH3 is 1. The van der Waals surface area contributed by atoms with Gasteiger partial charge in [-0.2, -0.15) is 5.10 Å². The zero-order chi connectivity index (χ0) is 14.1. The third-order valence-electron chi connectivity index (χ3n) is 3.12. The SMILES string of the molecule is COc1cccc(-c2c(-c3cncs3)nn(C)c2N)c1. The number of hydrogen-bond donors (Lipinski definition) is 1. The van der Waals surface area contributed by atoms with Crippen molar-refractivity contribution >= 4 is 17.2 Å². The Morgan fingerprint density at radius 2 is 2.20 bits per heavy atom. The molecule has 0 atom stereocenters. The second-order valence-electron chi connectivity index (χ2n) is 4.33. The summed E-state index contributed by atoms with van der Waals surface area (Å²) in [6.07, 6.45) is 1.80. The first-order valence-corrected chi connectivity index (χ1v) is 6.94. The molecule has 20 heavy (non-hydrogen) atoms. The summed E-state index contributed by atoms with van der Waals surface area (Å²) in [5, 5.41) is 4.51. The largest absolute Gasteiger partial charge is 0.497 e. The predicted molar refractivity (Wildman–Crippen MR) is 80.7 cm³/mol. The van der Waals surface area contributed by atoms with Gasteiger partial charge in [-0.25, -0.2) is 0 Å². The molecule has 0 bridgehead atoms. The Morgan fingerprint density at radius 3 is 2.90 bits per heavy atom. The molecule has 0 saturated carbocycles. The van der Waals surface area contributed by atoms with Crippen LogP contribution in [-0.4, -0.2) is 21.9 Å². The molecule has 0 amide bonds. The van der Waals surface area contributed by atoms with Gasteiger partial charge >= 0.3 is 0 Å². The van der Waals surface area contributed by atoms with Crippen LogP contribution < -0.4 is 10.5 Å². The maximum absolute atomic E-state index is 6.18. The predicted octanol–water partition coefficient (Wildman–Crippen LogP) is 2.80. The third kappa shape index (κ3) is 2.04. The Labute approximate surface area is 120 Å². The van der Waals surface area contributed by atoms with Crippen LogP contribution in [0.1, 0.15) is 0 Å². The summed E-state index contributed by atoms with van der Waals surface area (Å²) in [6.45, 7) is 0. The standard InChI is InChI=1S/C14H14N4OS/c1-18-14(15)12(9-4-3-5-10(6-9)19-2)13(17-18)11-7-16-8-20-11/h3-8H,15H2,1-2H3. The van der Waals surface area contributed by atoms with Gasteiger partial charge < -0.3 is 10.5 Å². The summed E-state index contributed by atoms with van der Waals surface area (Å²) in [5.41, 5.74) is 10.7. The highest BCUT2D eigenvalue weighted by Gasteiger charge is 2.18. The van der Waals surface area contributed by atoms with Crippen LogP contribution in [0.5, 0.6) is 5.75 Å². The zero-order valence-corrected chi connectivity index (χ0v) is 12.0. The van der Waals surface area contributed by atoms with Gasteiger partial charge in [0.15, 0.2) is 0 Å². The number of ether oxygens (including phenoxy) is 1. The maximum Gasteiger partial charge on any atom is 0.129 e. The minimum atomic E-state index is 0.627. The number of nitrogen functional groups attached to an aromatic ring is 1. The molecule has 0 aliphatic heterocycles. The minimum absolute atomic E-state index is 0.627. The minimum Gasteiger partial charge on any atom is -0.497 e. The van der Waals surface area contributed by atoms with Crippen molar-refractivity contribution in [2.75, 3.05) is 12.8 Å². The average Bonchev–Trinajstić information content (AvgIpc) is 3.08. The molecule has 0 radical (unpaired) electrons. The second-order valence-corrected chi connectivity index (χ2v) is 5.22. The molecule has 0 aliphatic carbocycles. The third-order valence-corrected chi connectivity index (χ3v) is 3.90. The molecule has 0 spiro atoms. The monoisotopic (exact) mass is 286 g/mol. The van der Waals surface area contributed by atoms with E-state index in [2.05, 4.69) is 10.1 Å². The second kappa shape index (κ2) is 4.97. The van der Waals surface area contributed by atoms with Gasteiger partial charge in [0.2, 0.25) is 0 Å². The van der Waals surface area contributed by atoms with E-state index < -0.39 is 0 Å². The van der Waals surface area contributed by atoms with Crippen LogP contribution in [0.15, 0.2) is 36.0 Å². The number of aryl methyl sites for hydroxylation is 1. The van der Waals surface area contributed by atoms with Crippen LogP contribution in [0.2, 0.25) is 0 Å². The molecule has 2 heterocycles. The molecule has 0 unspecified atom stereocenters. The van der Waals surface area contributed by atoms with Crippen LogP contribution in [0.4, 0.5) is 5.82 Å². The van der Waals surface area contributed by atoms with E-state index >= 15 is 0 Å². The van der Waals surface area contributed by atoms with Crippen molar-refractivity contribution in [3.8, 4) is 27.4 Å². The molecule has 5 nitrogen and oxygen atoms in total. The van der Waals surface area contributed by atoms with Crippen molar-refractivity contribution in [2.24, 2.45) is 7.05 Å². The van der Waals surface area contributed by atoms with E-state index in [9.17, 15) is 0 Å². The lowest BCUT2D eigenvalue weighted by Crippen LogP contribution is -1.98. The van der Waals surface area contributed by atoms with E-state index in [-0.39, 0.29) is 0 Å². The summed E-state index contributed by atoms with van der Waals surface area (Å²) < 4.78 is 6.96. The Hall–Kier alpha value is -2.34. The lowest BCUT2D eigenvalue weighted by Gasteiger charge is -2.05. The number of hydrogen-bond acceptors (Lipinski definition) is 5. The van der Waals surface area contributed by atoms with Crippen molar-refractivity contribution in [3.63, 3.8) is 0 Å². The van der Waals surface area contributed by atoms with E-state index in [1.807, 2.05) is 31.3 Å². The normalized spacial score (nSPS) is 10.7. The number of anilines is 1. The highest BCUT2D eigenvalue weighted by Crippen LogP contribution is 2.38. The lowest BCUT2D eigenvalue weighted by atomic mass is 10.0. The fraction of sp³-hybridized carbons (Fsp3) is 0.143. The quantitative estimate of drug-likeness (QED) is 0.804. The highest BCUT2D eigenvalue weighted by molar-refractivity contribution is 7.13. The van der Waals surface area contributed by atoms with E-state index in [0.717, 1.165) is 27.4 Å². The van der Waals surface area contributed by atoms with Gasteiger partial charge in [-0.15, -0.1) is 11.3 Å². The molecule has 6 heteroatoms. The molecule has 0 aliphatic rings. The van der Waals surface area contributed by atoms with Crippen LogP contribution >= 0.6 is 11.3 Å². The first-order valence-electron chi connectivity index (χ1n) is 6.06. The fourth-order valence-electron chi connectivity index (χ4n) is 2.11. The summed E-state index contributed by atoms with van der Waals surface area (Å²) in [5.74, 6) is 1.42. The zero-order valence-electron chi connectivity index (χ0n) is 11.2. The summed E-state index contributed by atoms with van der Waals surface area (Å²) in [4.78, 5) is 5.11. The molecule has 3 rings (SSSR count). The Morgan fingerprint density at radius 1 is 1.35 bits per heavy atom. The van der Waals surface area contributed by atoms with Gasteiger partial charge in [0, 0.05) is 13.2 Å². The number of nitrogens with two attached hydrogens (primary N) is 1. The fourth-order valence-corrected chi connectivity index (χ4v) is 2.72. The van der Waals surface area contributed by atoms with Gasteiger partial charge in [0.1, 0.15) is 17.3 Å². The molecular weight excluding hydrogens is 272 g/mol. The van der Waals surface area contributed by atoms with E-state index in [1.54, 1.807) is 34.8 Å². The number of thiazole rings is 1. The van der Waals surface area contributed by atoms with Crippen molar-refractivity contribution in [1.82, 2.24) is 14.8 Å². The summed E-state index contributed by atoms with van der Waals surface area (Å²) in [6, 6.07) is 7.80. The van der Waals surface area contributed by atoms with Crippen molar-refractivity contribution < 1.29 is 4.74 Å². The van der Waals surface area contributed by atoms with Crippen LogP contribution in [0.3, 0.4) is 0 Å². The summed E-state index contributed by atoms with van der Waals surface area (Å²) >= 11 is 1.54. The van der Waals surface area contributed by atoms with Crippen LogP contribution in [-0.2, 0) is 7.05 Å². The molecular formula is C14H14N4OS. The topological polar surface area (TPSA) is 66.0 Å². The molecule has 102 valence electrons. The maximum atomic E-state index is 6.18. The van der Waals surface area contributed by atoms with Gasteiger partial charge in [-0.05, 0) is 17.7 Å². The molecule has 2 N–H and O–H groups in total. The van der Waals surface area contributed by atoms with Gasteiger partial charge in [-0.3, -0.25) is 9.67 Å².